The summed E-state index contributed by atoms with van der Waals surface area (Å²) in [5.74, 6) is 0. The van der Waals surface area contributed by atoms with Gasteiger partial charge in [0.15, 0.2) is 0 Å². The molecule has 3 rings (SSSR count). The van der Waals surface area contributed by atoms with Crippen LogP contribution in [0.3, 0.4) is 0 Å². The van der Waals surface area contributed by atoms with Crippen molar-refractivity contribution < 1.29 is 0 Å². The molecule has 2 aromatic rings. The van der Waals surface area contributed by atoms with Gasteiger partial charge >= 0.3 is 0 Å². The Balaban J connectivity index is 1.83. The topological polar surface area (TPSA) is 3.24 Å². The van der Waals surface area contributed by atoms with Crippen LogP contribution in [0.5, 0.6) is 0 Å². The van der Waals surface area contributed by atoms with Gasteiger partial charge in [0.25, 0.3) is 0 Å². The van der Waals surface area contributed by atoms with Crippen LogP contribution in [0, 0.1) is 0 Å². The minimum absolute atomic E-state index is 0.204. The van der Waals surface area contributed by atoms with Crippen molar-refractivity contribution in [3.8, 4) is 0 Å². The predicted octanol–water partition coefficient (Wildman–Crippen LogP) is 4.63. The van der Waals surface area contributed by atoms with Crippen molar-refractivity contribution in [2.45, 2.75) is 30.8 Å². The third kappa shape index (κ3) is 3.05. The Morgan fingerprint density at radius 3 is 2.30 bits per heavy atom. The summed E-state index contributed by atoms with van der Waals surface area (Å²) in [5.41, 5.74) is 2.70. The van der Waals surface area contributed by atoms with E-state index in [1.54, 1.807) is 0 Å². The minimum atomic E-state index is 0.204. The molecule has 0 aliphatic carbocycles. The van der Waals surface area contributed by atoms with Gasteiger partial charge in [0.05, 0.1) is 11.4 Å². The molecule has 0 N–H and O–H groups in total. The largest absolute Gasteiger partial charge is 0.291 e. The lowest BCUT2D eigenvalue weighted by Crippen LogP contribution is -2.39. The summed E-state index contributed by atoms with van der Waals surface area (Å²) >= 11 is 6.64. The second-order valence-electron chi connectivity index (χ2n) is 5.47. The van der Waals surface area contributed by atoms with Crippen molar-refractivity contribution in [1.29, 1.82) is 0 Å². The molecule has 2 heteroatoms. The summed E-state index contributed by atoms with van der Waals surface area (Å²) < 4.78 is 0. The fourth-order valence-electron chi connectivity index (χ4n) is 3.08. The second kappa shape index (κ2) is 6.43. The Morgan fingerprint density at radius 1 is 0.950 bits per heavy atom. The highest BCUT2D eigenvalue weighted by Crippen LogP contribution is 2.35. The summed E-state index contributed by atoms with van der Waals surface area (Å²) in [6.07, 6.45) is 2.29. The van der Waals surface area contributed by atoms with Gasteiger partial charge in [0.2, 0.25) is 0 Å². The van der Waals surface area contributed by atoms with Crippen LogP contribution in [-0.4, -0.2) is 16.8 Å². The summed E-state index contributed by atoms with van der Waals surface area (Å²) in [6.45, 7) is 2.10. The number of rotatable bonds is 3. The van der Waals surface area contributed by atoms with Crippen LogP contribution in [0.15, 0.2) is 60.7 Å². The molecule has 1 heterocycles. The number of halogens is 1. The van der Waals surface area contributed by atoms with Gasteiger partial charge in [0, 0.05) is 6.54 Å². The molecule has 0 bridgehead atoms. The van der Waals surface area contributed by atoms with Gasteiger partial charge in [-0.05, 0) is 30.5 Å². The molecule has 1 fully saturated rings. The normalized spacial score (nSPS) is 23.6. The molecule has 1 nitrogen and oxygen atoms in total. The Labute approximate surface area is 126 Å². The van der Waals surface area contributed by atoms with E-state index < -0.39 is 0 Å². The van der Waals surface area contributed by atoms with Gasteiger partial charge in [-0.15, -0.1) is 11.6 Å². The molecule has 0 unspecified atom stereocenters. The SMILES string of the molecule is Cl[C@@H]1CCCN(Cc2ccccc2)[C@H]1c1ccccc1. The Morgan fingerprint density at radius 2 is 1.60 bits per heavy atom. The van der Waals surface area contributed by atoms with Crippen molar-refractivity contribution in [1.82, 2.24) is 4.90 Å². The molecule has 0 spiro atoms. The number of likely N-dealkylation sites (tertiary alicyclic amines) is 1. The third-order valence-electron chi connectivity index (χ3n) is 4.03. The van der Waals surface area contributed by atoms with E-state index in [0.29, 0.717) is 6.04 Å². The Bertz CT molecular complexity index is 526. The molecule has 1 aliphatic rings. The van der Waals surface area contributed by atoms with Gasteiger partial charge in [-0.1, -0.05) is 60.7 Å². The summed E-state index contributed by atoms with van der Waals surface area (Å²) in [6, 6.07) is 21.7. The van der Waals surface area contributed by atoms with E-state index in [1.807, 2.05) is 0 Å². The van der Waals surface area contributed by atoms with E-state index in [4.69, 9.17) is 11.6 Å². The average Bonchev–Trinajstić information content (AvgIpc) is 2.49. The highest BCUT2D eigenvalue weighted by atomic mass is 35.5. The number of hydrogen-bond donors (Lipinski definition) is 0. The monoisotopic (exact) mass is 285 g/mol. The van der Waals surface area contributed by atoms with Crippen LogP contribution in [-0.2, 0) is 6.54 Å². The van der Waals surface area contributed by atoms with Crippen LogP contribution in [0.2, 0.25) is 0 Å². The highest BCUT2D eigenvalue weighted by Gasteiger charge is 2.31. The van der Waals surface area contributed by atoms with Gasteiger partial charge < -0.3 is 0 Å². The van der Waals surface area contributed by atoms with Crippen LogP contribution >= 0.6 is 11.6 Å². The van der Waals surface area contributed by atoms with Crippen molar-refractivity contribution >= 4 is 11.6 Å². The quantitative estimate of drug-likeness (QED) is 0.743. The average molecular weight is 286 g/mol. The molecule has 20 heavy (non-hydrogen) atoms. The summed E-state index contributed by atoms with van der Waals surface area (Å²) in [4.78, 5) is 2.52. The van der Waals surface area contributed by atoms with E-state index >= 15 is 0 Å². The lowest BCUT2D eigenvalue weighted by atomic mass is 9.94. The maximum atomic E-state index is 6.64. The van der Waals surface area contributed by atoms with Crippen molar-refractivity contribution in [2.75, 3.05) is 6.54 Å². The third-order valence-corrected chi connectivity index (χ3v) is 4.49. The molecule has 2 atom stereocenters. The highest BCUT2D eigenvalue weighted by molar-refractivity contribution is 6.21. The van der Waals surface area contributed by atoms with Crippen LogP contribution < -0.4 is 0 Å². The van der Waals surface area contributed by atoms with E-state index in [-0.39, 0.29) is 5.38 Å². The summed E-state index contributed by atoms with van der Waals surface area (Å²) in [5, 5.41) is 0.204. The van der Waals surface area contributed by atoms with Gasteiger partial charge in [-0.25, -0.2) is 0 Å². The molecule has 0 amide bonds. The molecule has 2 aromatic carbocycles. The van der Waals surface area contributed by atoms with Crippen LogP contribution in [0.4, 0.5) is 0 Å². The first kappa shape index (κ1) is 13.7. The van der Waals surface area contributed by atoms with Crippen LogP contribution in [0.1, 0.15) is 30.0 Å². The lowest BCUT2D eigenvalue weighted by Gasteiger charge is -2.39. The number of benzene rings is 2. The first-order chi connectivity index (χ1) is 9.84. The number of nitrogens with zero attached hydrogens (tertiary/aromatic N) is 1. The molecule has 0 radical (unpaired) electrons. The maximum absolute atomic E-state index is 6.64. The van der Waals surface area contributed by atoms with E-state index in [2.05, 4.69) is 65.6 Å². The smallest absolute Gasteiger partial charge is 0.0533 e. The Kier molecular flexibility index (Phi) is 4.39. The molecule has 0 saturated carbocycles. The molecule has 104 valence electrons. The van der Waals surface area contributed by atoms with Crippen molar-refractivity contribution in [3.05, 3.63) is 71.8 Å². The van der Waals surface area contributed by atoms with Gasteiger partial charge in [-0.3, -0.25) is 4.90 Å². The van der Waals surface area contributed by atoms with Crippen LogP contribution in [0.25, 0.3) is 0 Å². The number of hydrogen-bond acceptors (Lipinski definition) is 1. The van der Waals surface area contributed by atoms with Crippen molar-refractivity contribution in [2.24, 2.45) is 0 Å². The fraction of sp³-hybridized carbons (Fsp3) is 0.333. The lowest BCUT2D eigenvalue weighted by molar-refractivity contribution is 0.144. The van der Waals surface area contributed by atoms with E-state index in [9.17, 15) is 0 Å². The first-order valence-electron chi connectivity index (χ1n) is 7.31. The van der Waals surface area contributed by atoms with Gasteiger partial charge in [0.1, 0.15) is 0 Å². The molecule has 0 aromatic heterocycles. The molecular weight excluding hydrogens is 266 g/mol. The zero-order valence-corrected chi connectivity index (χ0v) is 12.3. The number of alkyl halides is 1. The van der Waals surface area contributed by atoms with Gasteiger partial charge in [-0.2, -0.15) is 0 Å². The fourth-order valence-corrected chi connectivity index (χ4v) is 3.54. The minimum Gasteiger partial charge on any atom is -0.291 e. The zero-order chi connectivity index (χ0) is 13.8. The predicted molar refractivity (Wildman–Crippen MR) is 84.9 cm³/mol. The Hall–Kier alpha value is -1.31. The second-order valence-corrected chi connectivity index (χ2v) is 6.03. The zero-order valence-electron chi connectivity index (χ0n) is 11.6. The first-order valence-corrected chi connectivity index (χ1v) is 7.75. The van der Waals surface area contributed by atoms with E-state index in [1.165, 1.54) is 17.5 Å². The molecule has 1 saturated heterocycles. The van der Waals surface area contributed by atoms with Crippen molar-refractivity contribution in [3.63, 3.8) is 0 Å². The standard InChI is InChI=1S/C18H20ClN/c19-17-12-7-13-20(14-15-8-3-1-4-9-15)18(17)16-10-5-2-6-11-16/h1-6,8-11,17-18H,7,12-14H2/t17-,18+/m1/s1. The van der Waals surface area contributed by atoms with E-state index in [0.717, 1.165) is 19.5 Å². The molecular formula is C18H20ClN. The number of piperidine rings is 1. The maximum Gasteiger partial charge on any atom is 0.0533 e. The summed E-state index contributed by atoms with van der Waals surface area (Å²) in [7, 11) is 0. The molecule has 1 aliphatic heterocycles.